The number of benzene rings is 1. The van der Waals surface area contributed by atoms with Crippen LogP contribution in [0.3, 0.4) is 0 Å². The van der Waals surface area contributed by atoms with E-state index in [2.05, 4.69) is 0 Å². The molecular formula is C14H18ClNO4. The molecule has 20 heavy (non-hydrogen) atoms. The molecule has 0 fully saturated rings. The van der Waals surface area contributed by atoms with E-state index in [0.29, 0.717) is 35.3 Å². The van der Waals surface area contributed by atoms with Crippen LogP contribution in [0.1, 0.15) is 43.4 Å². The molecule has 0 saturated heterocycles. The van der Waals surface area contributed by atoms with E-state index in [1.165, 1.54) is 0 Å². The molecule has 1 aliphatic heterocycles. The third-order valence-electron chi connectivity index (χ3n) is 3.22. The van der Waals surface area contributed by atoms with Crippen molar-refractivity contribution in [1.29, 1.82) is 0 Å². The van der Waals surface area contributed by atoms with Crippen molar-refractivity contribution >= 4 is 17.6 Å². The molecule has 5 nitrogen and oxygen atoms in total. The van der Waals surface area contributed by atoms with Crippen LogP contribution in [0.25, 0.3) is 0 Å². The minimum Gasteiger partial charge on any atom is -0.489 e. The fourth-order valence-electron chi connectivity index (χ4n) is 2.31. The van der Waals surface area contributed by atoms with Crippen molar-refractivity contribution < 1.29 is 19.4 Å². The molecule has 0 aromatic heterocycles. The van der Waals surface area contributed by atoms with Crippen molar-refractivity contribution in [2.75, 3.05) is 13.2 Å². The van der Waals surface area contributed by atoms with Crippen LogP contribution in [0.5, 0.6) is 11.5 Å². The Morgan fingerprint density at radius 2 is 1.95 bits per heavy atom. The quantitative estimate of drug-likeness (QED) is 0.897. The third-order valence-corrected chi connectivity index (χ3v) is 3.50. The number of fused-ring (bicyclic) bond motifs is 1. The maximum absolute atomic E-state index is 11.2. The van der Waals surface area contributed by atoms with Crippen LogP contribution >= 0.6 is 11.6 Å². The maximum atomic E-state index is 11.2. The van der Waals surface area contributed by atoms with Crippen molar-refractivity contribution in [2.45, 2.75) is 32.2 Å². The standard InChI is InChI=1S/C14H18ClNO4/c1-7(2)10-8(11(16)14(17)18)6-9(15)12-13(10)20-5-3-4-19-12/h6-7,11H,3-5,16H2,1-2H3,(H,17,18). The van der Waals surface area contributed by atoms with Gasteiger partial charge in [0.15, 0.2) is 11.5 Å². The van der Waals surface area contributed by atoms with E-state index in [4.69, 9.17) is 31.9 Å². The van der Waals surface area contributed by atoms with Gasteiger partial charge in [-0.3, -0.25) is 4.79 Å². The van der Waals surface area contributed by atoms with Crippen LogP contribution in [0, 0.1) is 0 Å². The van der Waals surface area contributed by atoms with Gasteiger partial charge in [-0.15, -0.1) is 0 Å². The summed E-state index contributed by atoms with van der Waals surface area (Å²) in [5, 5.41) is 9.48. The molecule has 1 atom stereocenters. The molecule has 0 amide bonds. The molecule has 110 valence electrons. The third kappa shape index (κ3) is 2.69. The van der Waals surface area contributed by atoms with Gasteiger partial charge in [-0.05, 0) is 17.5 Å². The number of carboxylic acid groups (broad SMARTS) is 1. The van der Waals surface area contributed by atoms with E-state index in [-0.39, 0.29) is 5.92 Å². The maximum Gasteiger partial charge on any atom is 0.325 e. The minimum absolute atomic E-state index is 0.0446. The van der Waals surface area contributed by atoms with Gasteiger partial charge in [-0.25, -0.2) is 0 Å². The SMILES string of the molecule is CC(C)c1c(C(N)C(=O)O)cc(Cl)c2c1OCCCO2. The van der Waals surface area contributed by atoms with Crippen LogP contribution in [-0.4, -0.2) is 24.3 Å². The number of carboxylic acids is 1. The number of nitrogens with two attached hydrogens (primary N) is 1. The van der Waals surface area contributed by atoms with Gasteiger partial charge in [0.25, 0.3) is 0 Å². The van der Waals surface area contributed by atoms with Crippen LogP contribution in [0.15, 0.2) is 6.07 Å². The zero-order chi connectivity index (χ0) is 14.9. The van der Waals surface area contributed by atoms with Crippen molar-refractivity contribution in [1.82, 2.24) is 0 Å². The number of carbonyl (C=O) groups is 1. The molecule has 0 saturated carbocycles. The van der Waals surface area contributed by atoms with Gasteiger partial charge in [0.1, 0.15) is 6.04 Å². The molecule has 0 bridgehead atoms. The van der Waals surface area contributed by atoms with Crippen LogP contribution in [-0.2, 0) is 4.79 Å². The summed E-state index contributed by atoms with van der Waals surface area (Å²) in [5.74, 6) is -0.0496. The molecule has 1 aliphatic rings. The van der Waals surface area contributed by atoms with Crippen molar-refractivity contribution in [3.05, 3.63) is 22.2 Å². The Hall–Kier alpha value is -1.46. The lowest BCUT2D eigenvalue weighted by Gasteiger charge is -2.22. The Morgan fingerprint density at radius 1 is 1.35 bits per heavy atom. The summed E-state index contributed by atoms with van der Waals surface area (Å²) >= 11 is 6.19. The molecule has 1 aromatic carbocycles. The number of hydrogen-bond donors (Lipinski definition) is 2. The van der Waals surface area contributed by atoms with Crippen LogP contribution in [0.4, 0.5) is 0 Å². The van der Waals surface area contributed by atoms with Gasteiger partial charge in [-0.2, -0.15) is 0 Å². The first kappa shape index (κ1) is 14.9. The van der Waals surface area contributed by atoms with Gasteiger partial charge < -0.3 is 20.3 Å². The Bertz CT molecular complexity index is 530. The van der Waals surface area contributed by atoms with Crippen molar-refractivity contribution in [2.24, 2.45) is 5.73 Å². The highest BCUT2D eigenvalue weighted by Gasteiger charge is 2.28. The van der Waals surface area contributed by atoms with E-state index in [9.17, 15) is 4.79 Å². The van der Waals surface area contributed by atoms with Gasteiger partial charge in [0, 0.05) is 12.0 Å². The summed E-state index contributed by atoms with van der Waals surface area (Å²) in [6, 6.07) is 0.436. The van der Waals surface area contributed by atoms with Gasteiger partial charge in [0.2, 0.25) is 0 Å². The minimum atomic E-state index is -1.14. The van der Waals surface area contributed by atoms with E-state index >= 15 is 0 Å². The number of ether oxygens (including phenoxy) is 2. The zero-order valence-corrected chi connectivity index (χ0v) is 12.2. The molecule has 1 unspecified atom stereocenters. The van der Waals surface area contributed by atoms with E-state index < -0.39 is 12.0 Å². The van der Waals surface area contributed by atoms with Crippen LogP contribution < -0.4 is 15.2 Å². The zero-order valence-electron chi connectivity index (χ0n) is 11.5. The molecule has 0 spiro atoms. The predicted molar refractivity (Wildman–Crippen MR) is 75.7 cm³/mol. The summed E-state index contributed by atoms with van der Waals surface area (Å²) in [5.41, 5.74) is 6.99. The second kappa shape index (κ2) is 5.89. The Labute approximate surface area is 122 Å². The van der Waals surface area contributed by atoms with Crippen LogP contribution in [0.2, 0.25) is 5.02 Å². The summed E-state index contributed by atoms with van der Waals surface area (Å²) in [6.07, 6.45) is 0.753. The van der Waals surface area contributed by atoms with Crippen molar-refractivity contribution in [3.8, 4) is 11.5 Å². The lowest BCUT2D eigenvalue weighted by Crippen LogP contribution is -2.23. The molecule has 2 rings (SSSR count). The summed E-state index contributed by atoms with van der Waals surface area (Å²) in [7, 11) is 0. The second-order valence-electron chi connectivity index (χ2n) is 5.04. The fourth-order valence-corrected chi connectivity index (χ4v) is 2.57. The van der Waals surface area contributed by atoms with Crippen molar-refractivity contribution in [3.63, 3.8) is 0 Å². The largest absolute Gasteiger partial charge is 0.489 e. The summed E-state index contributed by atoms with van der Waals surface area (Å²) in [6.45, 7) is 4.94. The molecule has 0 radical (unpaired) electrons. The average molecular weight is 300 g/mol. The first-order valence-corrected chi connectivity index (χ1v) is 6.91. The highest BCUT2D eigenvalue weighted by Crippen LogP contribution is 2.45. The van der Waals surface area contributed by atoms with Gasteiger partial charge in [-0.1, -0.05) is 25.4 Å². The molecule has 6 heteroatoms. The average Bonchev–Trinajstić information content (AvgIpc) is 2.62. The monoisotopic (exact) mass is 299 g/mol. The number of hydrogen-bond acceptors (Lipinski definition) is 4. The summed E-state index contributed by atoms with van der Waals surface area (Å²) < 4.78 is 11.4. The predicted octanol–water partition coefficient (Wildman–Crippen LogP) is 2.71. The highest BCUT2D eigenvalue weighted by atomic mass is 35.5. The van der Waals surface area contributed by atoms with Gasteiger partial charge in [0.05, 0.1) is 18.2 Å². The van der Waals surface area contributed by atoms with E-state index in [0.717, 1.165) is 12.0 Å². The Balaban J connectivity index is 2.66. The second-order valence-corrected chi connectivity index (χ2v) is 5.45. The molecule has 1 aromatic rings. The number of rotatable bonds is 3. The Morgan fingerprint density at radius 3 is 2.50 bits per heavy atom. The highest BCUT2D eigenvalue weighted by molar-refractivity contribution is 6.32. The lowest BCUT2D eigenvalue weighted by molar-refractivity contribution is -0.138. The molecule has 0 aliphatic carbocycles. The Kier molecular flexibility index (Phi) is 4.40. The van der Waals surface area contributed by atoms with E-state index in [1.807, 2.05) is 13.8 Å². The fraction of sp³-hybridized carbons (Fsp3) is 0.500. The van der Waals surface area contributed by atoms with E-state index in [1.54, 1.807) is 6.07 Å². The topological polar surface area (TPSA) is 81.8 Å². The summed E-state index contributed by atoms with van der Waals surface area (Å²) in [4.78, 5) is 11.2. The molecular weight excluding hydrogens is 282 g/mol. The number of aliphatic carboxylic acids is 1. The lowest BCUT2D eigenvalue weighted by atomic mass is 9.91. The first-order chi connectivity index (χ1) is 9.43. The molecule has 1 heterocycles. The molecule has 3 N–H and O–H groups in total. The smallest absolute Gasteiger partial charge is 0.325 e. The number of halogens is 1. The normalized spacial score (nSPS) is 15.8. The first-order valence-electron chi connectivity index (χ1n) is 6.53. The van der Waals surface area contributed by atoms with Gasteiger partial charge >= 0.3 is 5.97 Å².